The summed E-state index contributed by atoms with van der Waals surface area (Å²) in [6.45, 7) is 7.47. The van der Waals surface area contributed by atoms with E-state index in [1.807, 2.05) is 18.7 Å². The molecule has 1 amide bonds. The molecule has 0 aromatic rings. The lowest BCUT2D eigenvalue weighted by atomic mass is 10.0. The van der Waals surface area contributed by atoms with Crippen molar-refractivity contribution in [3.05, 3.63) is 12.3 Å². The topological polar surface area (TPSA) is 63.4 Å². The van der Waals surface area contributed by atoms with Crippen molar-refractivity contribution in [1.82, 2.24) is 4.90 Å². The van der Waals surface area contributed by atoms with Gasteiger partial charge in [-0.25, -0.2) is 0 Å². The molecular weight excluding hydrogens is 192 g/mol. The van der Waals surface area contributed by atoms with E-state index >= 15 is 0 Å². The van der Waals surface area contributed by atoms with E-state index in [1.54, 1.807) is 13.1 Å². The third kappa shape index (κ3) is 4.63. The molecule has 0 saturated carbocycles. The van der Waals surface area contributed by atoms with Crippen molar-refractivity contribution < 1.29 is 9.59 Å². The van der Waals surface area contributed by atoms with Crippen LogP contribution in [0.4, 0.5) is 0 Å². The van der Waals surface area contributed by atoms with Crippen LogP contribution in [0.1, 0.15) is 27.2 Å². The number of rotatable bonds is 7. The molecule has 0 saturated heterocycles. The molecule has 1 unspecified atom stereocenters. The Balaban J connectivity index is 4.39. The second kappa shape index (κ2) is 7.04. The van der Waals surface area contributed by atoms with Gasteiger partial charge in [0.1, 0.15) is 5.92 Å². The summed E-state index contributed by atoms with van der Waals surface area (Å²) < 4.78 is 0. The SMILES string of the molecule is CCC(C(N)=O)C(=O)C=CN(CC)CC. The second-order valence-electron chi connectivity index (χ2n) is 3.30. The van der Waals surface area contributed by atoms with Gasteiger partial charge in [-0.05, 0) is 26.3 Å². The first-order chi connectivity index (χ1) is 7.06. The highest BCUT2D eigenvalue weighted by Crippen LogP contribution is 2.04. The van der Waals surface area contributed by atoms with E-state index in [4.69, 9.17) is 5.73 Å². The summed E-state index contributed by atoms with van der Waals surface area (Å²) in [6.07, 6.45) is 3.61. The molecule has 0 aromatic heterocycles. The average molecular weight is 212 g/mol. The molecule has 0 heterocycles. The Hall–Kier alpha value is -1.32. The third-order valence-electron chi connectivity index (χ3n) is 2.36. The molecule has 15 heavy (non-hydrogen) atoms. The van der Waals surface area contributed by atoms with Gasteiger partial charge in [-0.3, -0.25) is 9.59 Å². The summed E-state index contributed by atoms with van der Waals surface area (Å²) in [7, 11) is 0. The maximum Gasteiger partial charge on any atom is 0.228 e. The van der Waals surface area contributed by atoms with Crippen molar-refractivity contribution in [2.75, 3.05) is 13.1 Å². The van der Waals surface area contributed by atoms with Crippen LogP contribution in [0.5, 0.6) is 0 Å². The smallest absolute Gasteiger partial charge is 0.228 e. The number of primary amides is 1. The van der Waals surface area contributed by atoms with Gasteiger partial charge in [0.25, 0.3) is 0 Å². The van der Waals surface area contributed by atoms with E-state index in [0.29, 0.717) is 6.42 Å². The summed E-state index contributed by atoms with van der Waals surface area (Å²) in [5.74, 6) is -1.44. The zero-order valence-corrected chi connectivity index (χ0v) is 9.69. The Morgan fingerprint density at radius 1 is 1.27 bits per heavy atom. The molecule has 0 aromatic carbocycles. The van der Waals surface area contributed by atoms with Crippen molar-refractivity contribution in [2.24, 2.45) is 11.7 Å². The number of amides is 1. The average Bonchev–Trinajstić information content (AvgIpc) is 2.19. The molecule has 2 N–H and O–H groups in total. The van der Waals surface area contributed by atoms with Crippen LogP contribution in [-0.4, -0.2) is 29.7 Å². The van der Waals surface area contributed by atoms with Gasteiger partial charge < -0.3 is 10.6 Å². The van der Waals surface area contributed by atoms with Gasteiger partial charge in [0.15, 0.2) is 5.78 Å². The summed E-state index contributed by atoms with van der Waals surface area (Å²) in [6, 6.07) is 0. The predicted octanol–water partition coefficient (Wildman–Crippen LogP) is 0.922. The fraction of sp³-hybridized carbons (Fsp3) is 0.636. The number of nitrogens with two attached hydrogens (primary N) is 1. The van der Waals surface area contributed by atoms with Crippen LogP contribution >= 0.6 is 0 Å². The fourth-order valence-corrected chi connectivity index (χ4v) is 1.27. The lowest BCUT2D eigenvalue weighted by Crippen LogP contribution is -2.29. The molecule has 0 aliphatic carbocycles. The van der Waals surface area contributed by atoms with Crippen LogP contribution in [0.3, 0.4) is 0 Å². The van der Waals surface area contributed by atoms with E-state index in [-0.39, 0.29) is 5.78 Å². The number of nitrogens with zero attached hydrogens (tertiary/aromatic N) is 1. The molecule has 0 aliphatic heterocycles. The van der Waals surface area contributed by atoms with E-state index in [1.165, 1.54) is 6.08 Å². The fourth-order valence-electron chi connectivity index (χ4n) is 1.27. The van der Waals surface area contributed by atoms with Gasteiger partial charge in [-0.15, -0.1) is 0 Å². The molecule has 0 bridgehead atoms. The molecule has 4 nitrogen and oxygen atoms in total. The van der Waals surface area contributed by atoms with E-state index < -0.39 is 11.8 Å². The van der Waals surface area contributed by atoms with Gasteiger partial charge in [-0.2, -0.15) is 0 Å². The Morgan fingerprint density at radius 3 is 2.13 bits per heavy atom. The van der Waals surface area contributed by atoms with E-state index in [2.05, 4.69) is 0 Å². The van der Waals surface area contributed by atoms with Crippen LogP contribution in [-0.2, 0) is 9.59 Å². The van der Waals surface area contributed by atoms with E-state index in [0.717, 1.165) is 13.1 Å². The van der Waals surface area contributed by atoms with Crippen molar-refractivity contribution in [1.29, 1.82) is 0 Å². The minimum atomic E-state index is -0.684. The Bertz CT molecular complexity index is 245. The molecule has 0 aliphatic rings. The van der Waals surface area contributed by atoms with Gasteiger partial charge in [-0.1, -0.05) is 6.92 Å². The first-order valence-electron chi connectivity index (χ1n) is 5.32. The molecule has 0 radical (unpaired) electrons. The Kier molecular flexibility index (Phi) is 6.42. The number of hydrogen-bond donors (Lipinski definition) is 1. The second-order valence-corrected chi connectivity index (χ2v) is 3.30. The Morgan fingerprint density at radius 2 is 1.80 bits per heavy atom. The van der Waals surface area contributed by atoms with Crippen molar-refractivity contribution >= 4 is 11.7 Å². The highest BCUT2D eigenvalue weighted by Gasteiger charge is 2.19. The lowest BCUT2D eigenvalue weighted by molar-refractivity contribution is -0.129. The predicted molar refractivity (Wildman–Crippen MR) is 60.0 cm³/mol. The first-order valence-corrected chi connectivity index (χ1v) is 5.32. The van der Waals surface area contributed by atoms with Gasteiger partial charge in [0.2, 0.25) is 5.91 Å². The first kappa shape index (κ1) is 13.7. The van der Waals surface area contributed by atoms with Gasteiger partial charge >= 0.3 is 0 Å². The van der Waals surface area contributed by atoms with E-state index in [9.17, 15) is 9.59 Å². The monoisotopic (exact) mass is 212 g/mol. The van der Waals surface area contributed by atoms with Gasteiger partial charge in [0, 0.05) is 19.3 Å². The zero-order chi connectivity index (χ0) is 11.8. The molecule has 1 atom stereocenters. The minimum Gasteiger partial charge on any atom is -0.378 e. The lowest BCUT2D eigenvalue weighted by Gasteiger charge is -2.15. The number of ketones is 1. The summed E-state index contributed by atoms with van der Waals surface area (Å²) in [5.41, 5.74) is 5.11. The summed E-state index contributed by atoms with van der Waals surface area (Å²) in [5, 5.41) is 0. The maximum atomic E-state index is 11.5. The highest BCUT2D eigenvalue weighted by atomic mass is 16.2. The third-order valence-corrected chi connectivity index (χ3v) is 2.36. The standard InChI is InChI=1S/C11H20N2O2/c1-4-9(11(12)15)10(14)7-8-13(5-2)6-3/h7-9H,4-6H2,1-3H3,(H2,12,15). The number of allylic oxidation sites excluding steroid dienone is 1. The number of hydrogen-bond acceptors (Lipinski definition) is 3. The molecule has 4 heteroatoms. The van der Waals surface area contributed by atoms with Crippen molar-refractivity contribution in [2.45, 2.75) is 27.2 Å². The molecule has 0 fully saturated rings. The summed E-state index contributed by atoms with van der Waals surface area (Å²) in [4.78, 5) is 24.4. The summed E-state index contributed by atoms with van der Waals surface area (Å²) >= 11 is 0. The normalized spacial score (nSPS) is 12.7. The van der Waals surface area contributed by atoms with Crippen LogP contribution in [0.25, 0.3) is 0 Å². The maximum absolute atomic E-state index is 11.5. The highest BCUT2D eigenvalue weighted by molar-refractivity contribution is 6.06. The molecular formula is C11H20N2O2. The quantitative estimate of drug-likeness (QED) is 0.504. The molecule has 0 rings (SSSR count). The van der Waals surface area contributed by atoms with Crippen LogP contribution in [0, 0.1) is 5.92 Å². The van der Waals surface area contributed by atoms with Crippen molar-refractivity contribution in [3.8, 4) is 0 Å². The van der Waals surface area contributed by atoms with Gasteiger partial charge in [0.05, 0.1) is 0 Å². The number of carbonyl (C=O) groups excluding carboxylic acids is 2. The molecule has 86 valence electrons. The Labute approximate surface area is 91.1 Å². The van der Waals surface area contributed by atoms with Crippen molar-refractivity contribution in [3.63, 3.8) is 0 Å². The number of carbonyl (C=O) groups is 2. The largest absolute Gasteiger partial charge is 0.378 e. The molecule has 0 spiro atoms. The minimum absolute atomic E-state index is 0.211. The van der Waals surface area contributed by atoms with Crippen LogP contribution in [0.2, 0.25) is 0 Å². The van der Waals surface area contributed by atoms with Crippen LogP contribution in [0.15, 0.2) is 12.3 Å². The van der Waals surface area contributed by atoms with Crippen LogP contribution < -0.4 is 5.73 Å². The zero-order valence-electron chi connectivity index (χ0n) is 9.69.